The third-order valence-electron chi connectivity index (χ3n) is 2.51. The number of hydrogen-bond donors (Lipinski definition) is 0. The Kier molecular flexibility index (Phi) is 3.71. The number of hydrogen-bond acceptors (Lipinski definition) is 1. The minimum absolute atomic E-state index is 0.198. The summed E-state index contributed by atoms with van der Waals surface area (Å²) in [4.78, 5) is 0. The van der Waals surface area contributed by atoms with Gasteiger partial charge in [0.1, 0.15) is 0 Å². The molecule has 0 aromatic heterocycles. The van der Waals surface area contributed by atoms with Gasteiger partial charge in [-0.3, -0.25) is 0 Å². The average molecular weight is 187 g/mol. The minimum Gasteiger partial charge on any atom is -0.198 e. The molecule has 14 heavy (non-hydrogen) atoms. The highest BCUT2D eigenvalue weighted by Crippen LogP contribution is 2.26. The number of rotatable bonds is 4. The Morgan fingerprint density at radius 1 is 1.29 bits per heavy atom. The van der Waals surface area contributed by atoms with Crippen LogP contribution in [0.4, 0.5) is 0 Å². The second-order valence-electron chi connectivity index (χ2n) is 4.08. The van der Waals surface area contributed by atoms with Crippen LogP contribution in [-0.2, 0) is 6.42 Å². The topological polar surface area (TPSA) is 23.8 Å². The first-order valence-electron chi connectivity index (χ1n) is 5.15. The fraction of sp³-hybridized carbons (Fsp3) is 0.462. The van der Waals surface area contributed by atoms with E-state index in [0.29, 0.717) is 0 Å². The van der Waals surface area contributed by atoms with E-state index < -0.39 is 0 Å². The van der Waals surface area contributed by atoms with E-state index in [1.54, 1.807) is 0 Å². The Morgan fingerprint density at radius 3 is 2.43 bits per heavy atom. The van der Waals surface area contributed by atoms with Gasteiger partial charge in [-0.1, -0.05) is 43.7 Å². The zero-order valence-corrected chi connectivity index (χ0v) is 8.96. The van der Waals surface area contributed by atoms with Gasteiger partial charge >= 0.3 is 0 Å². The fourth-order valence-electron chi connectivity index (χ4n) is 1.78. The summed E-state index contributed by atoms with van der Waals surface area (Å²) in [6.45, 7) is 4.17. The molecular formula is C13H17N. The van der Waals surface area contributed by atoms with Gasteiger partial charge in [0.25, 0.3) is 0 Å². The molecule has 1 atom stereocenters. The van der Waals surface area contributed by atoms with E-state index in [1.165, 1.54) is 5.56 Å². The van der Waals surface area contributed by atoms with Gasteiger partial charge in [0, 0.05) is 0 Å². The van der Waals surface area contributed by atoms with Crippen molar-refractivity contribution in [2.75, 3.05) is 0 Å². The van der Waals surface area contributed by atoms with Gasteiger partial charge in [0.15, 0.2) is 0 Å². The van der Waals surface area contributed by atoms with Crippen molar-refractivity contribution in [3.8, 4) is 6.07 Å². The summed E-state index contributed by atoms with van der Waals surface area (Å²) in [5, 5.41) is 9.13. The molecule has 0 saturated carbocycles. The Morgan fingerprint density at radius 2 is 1.93 bits per heavy atom. The highest BCUT2D eigenvalue weighted by molar-refractivity contribution is 5.18. The predicted octanol–water partition coefficient (Wildman–Crippen LogP) is 3.56. The smallest absolute Gasteiger partial charge is 0.0690 e. The van der Waals surface area contributed by atoms with Crippen LogP contribution in [-0.4, -0.2) is 0 Å². The van der Waals surface area contributed by atoms with Crippen molar-refractivity contribution < 1.29 is 0 Å². The molecule has 0 spiro atoms. The number of nitriles is 1. The van der Waals surface area contributed by atoms with Crippen LogP contribution in [0.25, 0.3) is 0 Å². The van der Waals surface area contributed by atoms with E-state index in [4.69, 9.17) is 5.26 Å². The fourth-order valence-corrected chi connectivity index (χ4v) is 1.78. The van der Waals surface area contributed by atoms with E-state index in [0.717, 1.165) is 19.3 Å². The molecule has 0 saturated heterocycles. The molecule has 1 unspecified atom stereocenters. The van der Waals surface area contributed by atoms with Crippen LogP contribution in [0, 0.1) is 16.7 Å². The van der Waals surface area contributed by atoms with Crippen molar-refractivity contribution in [1.82, 2.24) is 0 Å². The maximum atomic E-state index is 9.13. The Hall–Kier alpha value is -1.29. The molecule has 0 aliphatic carbocycles. The number of nitrogens with zero attached hydrogens (tertiary/aromatic N) is 1. The van der Waals surface area contributed by atoms with Crippen LogP contribution < -0.4 is 0 Å². The quantitative estimate of drug-likeness (QED) is 0.707. The molecule has 0 N–H and O–H groups in total. The molecule has 0 bridgehead atoms. The molecule has 0 aliphatic rings. The van der Waals surface area contributed by atoms with Crippen molar-refractivity contribution in [3.05, 3.63) is 35.9 Å². The van der Waals surface area contributed by atoms with E-state index in [2.05, 4.69) is 25.1 Å². The molecule has 0 radical (unpaired) electrons. The molecule has 1 heteroatoms. The summed E-state index contributed by atoms with van der Waals surface area (Å²) in [7, 11) is 0. The van der Waals surface area contributed by atoms with Crippen LogP contribution in [0.2, 0.25) is 0 Å². The van der Waals surface area contributed by atoms with E-state index in [1.807, 2.05) is 25.1 Å². The molecule has 1 rings (SSSR count). The van der Waals surface area contributed by atoms with Gasteiger partial charge in [0.05, 0.1) is 11.5 Å². The summed E-state index contributed by atoms with van der Waals surface area (Å²) in [5.74, 6) is 0. The molecule has 0 heterocycles. The highest BCUT2D eigenvalue weighted by Gasteiger charge is 2.22. The van der Waals surface area contributed by atoms with E-state index in [-0.39, 0.29) is 5.41 Å². The SMILES string of the molecule is CCCC(C)(C#N)Cc1ccccc1. The molecule has 0 fully saturated rings. The molecular weight excluding hydrogens is 170 g/mol. The summed E-state index contributed by atoms with van der Waals surface area (Å²) < 4.78 is 0. The molecule has 0 aliphatic heterocycles. The van der Waals surface area contributed by atoms with Crippen molar-refractivity contribution >= 4 is 0 Å². The Labute approximate surface area is 86.4 Å². The molecule has 1 nitrogen and oxygen atoms in total. The number of benzene rings is 1. The molecule has 1 aromatic carbocycles. The minimum atomic E-state index is -0.198. The summed E-state index contributed by atoms with van der Waals surface area (Å²) >= 11 is 0. The average Bonchev–Trinajstić information content (AvgIpc) is 2.20. The lowest BCUT2D eigenvalue weighted by Crippen LogP contribution is -2.16. The monoisotopic (exact) mass is 187 g/mol. The third kappa shape index (κ3) is 2.88. The van der Waals surface area contributed by atoms with E-state index in [9.17, 15) is 0 Å². The van der Waals surface area contributed by atoms with Crippen molar-refractivity contribution in [2.45, 2.75) is 33.1 Å². The third-order valence-corrected chi connectivity index (χ3v) is 2.51. The normalized spacial score (nSPS) is 14.4. The Bertz CT molecular complexity index is 310. The first-order chi connectivity index (χ1) is 6.70. The van der Waals surface area contributed by atoms with Crippen molar-refractivity contribution in [2.24, 2.45) is 5.41 Å². The lowest BCUT2D eigenvalue weighted by Gasteiger charge is -2.20. The maximum absolute atomic E-state index is 9.13. The lowest BCUT2D eigenvalue weighted by atomic mass is 9.81. The molecule has 1 aromatic rings. The first-order valence-corrected chi connectivity index (χ1v) is 5.15. The zero-order chi connectivity index (χ0) is 10.4. The van der Waals surface area contributed by atoms with Crippen LogP contribution in [0.1, 0.15) is 32.3 Å². The highest BCUT2D eigenvalue weighted by atomic mass is 14.3. The predicted molar refractivity (Wildman–Crippen MR) is 58.8 cm³/mol. The van der Waals surface area contributed by atoms with Crippen molar-refractivity contribution in [1.29, 1.82) is 5.26 Å². The van der Waals surface area contributed by atoms with Crippen LogP contribution >= 0.6 is 0 Å². The summed E-state index contributed by atoms with van der Waals surface area (Å²) in [6.07, 6.45) is 2.90. The standard InChI is InChI=1S/C13H17N/c1-3-9-13(2,11-14)10-12-7-5-4-6-8-12/h4-8H,3,9-10H2,1-2H3. The van der Waals surface area contributed by atoms with Gasteiger partial charge in [-0.25, -0.2) is 0 Å². The summed E-state index contributed by atoms with van der Waals surface area (Å²) in [6, 6.07) is 12.7. The van der Waals surface area contributed by atoms with Gasteiger partial charge < -0.3 is 0 Å². The van der Waals surface area contributed by atoms with Gasteiger partial charge in [-0.2, -0.15) is 5.26 Å². The first kappa shape index (κ1) is 10.8. The maximum Gasteiger partial charge on any atom is 0.0690 e. The van der Waals surface area contributed by atoms with E-state index >= 15 is 0 Å². The second kappa shape index (κ2) is 4.81. The second-order valence-corrected chi connectivity index (χ2v) is 4.08. The van der Waals surface area contributed by atoms with Crippen LogP contribution in [0.15, 0.2) is 30.3 Å². The Balaban J connectivity index is 2.72. The largest absolute Gasteiger partial charge is 0.198 e. The zero-order valence-electron chi connectivity index (χ0n) is 8.96. The van der Waals surface area contributed by atoms with Crippen LogP contribution in [0.3, 0.4) is 0 Å². The summed E-state index contributed by atoms with van der Waals surface area (Å²) in [5.41, 5.74) is 1.06. The lowest BCUT2D eigenvalue weighted by molar-refractivity contribution is 0.397. The van der Waals surface area contributed by atoms with Gasteiger partial charge in [0.2, 0.25) is 0 Å². The van der Waals surface area contributed by atoms with Gasteiger partial charge in [-0.15, -0.1) is 0 Å². The van der Waals surface area contributed by atoms with Crippen LogP contribution in [0.5, 0.6) is 0 Å². The molecule has 0 amide bonds. The van der Waals surface area contributed by atoms with Crippen molar-refractivity contribution in [3.63, 3.8) is 0 Å². The van der Waals surface area contributed by atoms with Gasteiger partial charge in [-0.05, 0) is 25.3 Å². The molecule has 74 valence electrons.